The van der Waals surface area contributed by atoms with Gasteiger partial charge in [0.05, 0.1) is 0 Å². The van der Waals surface area contributed by atoms with Gasteiger partial charge in [-0.2, -0.15) is 4.98 Å². The summed E-state index contributed by atoms with van der Waals surface area (Å²) in [4.78, 5) is 10.8. The molecule has 0 aliphatic rings. The highest BCUT2D eigenvalue weighted by molar-refractivity contribution is 5.40. The van der Waals surface area contributed by atoms with Crippen molar-refractivity contribution in [1.82, 2.24) is 14.9 Å². The SMILES string of the molecule is Cc1cc(NCCCN(Cc2ccccc2)Cc2ccccc2)nc(N)n1. The van der Waals surface area contributed by atoms with Gasteiger partial charge in [-0.15, -0.1) is 0 Å². The van der Waals surface area contributed by atoms with Crippen LogP contribution in [0.2, 0.25) is 0 Å². The maximum absolute atomic E-state index is 5.71. The van der Waals surface area contributed by atoms with Crippen molar-refractivity contribution in [2.75, 3.05) is 24.1 Å². The van der Waals surface area contributed by atoms with Gasteiger partial charge >= 0.3 is 0 Å². The van der Waals surface area contributed by atoms with E-state index in [1.165, 1.54) is 11.1 Å². The second kappa shape index (κ2) is 9.69. The van der Waals surface area contributed by atoms with Gasteiger partial charge in [-0.25, -0.2) is 4.98 Å². The predicted octanol–water partition coefficient (Wildman–Crippen LogP) is 3.87. The molecule has 5 heteroatoms. The summed E-state index contributed by atoms with van der Waals surface area (Å²) in [5, 5.41) is 3.35. The molecule has 0 amide bonds. The van der Waals surface area contributed by atoms with Gasteiger partial charge in [0.2, 0.25) is 5.95 Å². The summed E-state index contributed by atoms with van der Waals surface area (Å²) in [6.07, 6.45) is 1.02. The fourth-order valence-corrected chi connectivity index (χ4v) is 3.10. The quantitative estimate of drug-likeness (QED) is 0.566. The number of benzene rings is 2. The normalized spacial score (nSPS) is 10.9. The van der Waals surface area contributed by atoms with Gasteiger partial charge in [0.15, 0.2) is 0 Å². The molecule has 3 rings (SSSR count). The molecule has 0 fully saturated rings. The van der Waals surface area contributed by atoms with Crippen molar-refractivity contribution in [3.63, 3.8) is 0 Å². The minimum absolute atomic E-state index is 0.312. The molecule has 0 spiro atoms. The zero-order valence-corrected chi connectivity index (χ0v) is 15.8. The average Bonchev–Trinajstić information content (AvgIpc) is 2.66. The number of anilines is 2. The van der Waals surface area contributed by atoms with Gasteiger partial charge in [0.1, 0.15) is 5.82 Å². The summed E-state index contributed by atoms with van der Waals surface area (Å²) in [7, 11) is 0. The molecular formula is C22H27N5. The molecule has 3 N–H and O–H groups in total. The molecule has 0 saturated heterocycles. The Morgan fingerprint density at radius 1 is 0.889 bits per heavy atom. The first-order valence-electron chi connectivity index (χ1n) is 9.34. The third kappa shape index (κ3) is 6.38. The summed E-state index contributed by atoms with van der Waals surface area (Å²) in [6, 6.07) is 23.2. The summed E-state index contributed by atoms with van der Waals surface area (Å²) in [5.41, 5.74) is 9.26. The van der Waals surface area contributed by atoms with Crippen molar-refractivity contribution >= 4 is 11.8 Å². The topological polar surface area (TPSA) is 67.1 Å². The lowest BCUT2D eigenvalue weighted by atomic mass is 10.1. The summed E-state index contributed by atoms with van der Waals surface area (Å²) in [5.74, 6) is 1.10. The highest BCUT2D eigenvalue weighted by Crippen LogP contribution is 2.11. The number of nitrogens with one attached hydrogen (secondary N) is 1. The van der Waals surface area contributed by atoms with E-state index in [1.54, 1.807) is 0 Å². The number of aromatic nitrogens is 2. The number of hydrogen-bond donors (Lipinski definition) is 2. The zero-order valence-electron chi connectivity index (χ0n) is 15.8. The van der Waals surface area contributed by atoms with Crippen LogP contribution in [0.25, 0.3) is 0 Å². The van der Waals surface area contributed by atoms with Crippen LogP contribution < -0.4 is 11.1 Å². The number of nitrogen functional groups attached to an aromatic ring is 1. The number of nitrogens with zero attached hydrogens (tertiary/aromatic N) is 3. The second-order valence-corrected chi connectivity index (χ2v) is 6.71. The Bertz CT molecular complexity index is 759. The Morgan fingerprint density at radius 2 is 1.48 bits per heavy atom. The van der Waals surface area contributed by atoms with E-state index in [0.29, 0.717) is 5.95 Å². The van der Waals surface area contributed by atoms with Crippen LogP contribution in [-0.2, 0) is 13.1 Å². The van der Waals surface area contributed by atoms with Crippen LogP contribution in [0.4, 0.5) is 11.8 Å². The van der Waals surface area contributed by atoms with Crippen molar-refractivity contribution in [2.24, 2.45) is 0 Å². The molecule has 140 valence electrons. The molecule has 0 radical (unpaired) electrons. The first-order chi connectivity index (χ1) is 13.2. The van der Waals surface area contributed by atoms with E-state index in [9.17, 15) is 0 Å². The van der Waals surface area contributed by atoms with Gasteiger partial charge in [0.25, 0.3) is 0 Å². The van der Waals surface area contributed by atoms with Crippen LogP contribution in [-0.4, -0.2) is 28.0 Å². The Labute approximate surface area is 161 Å². The van der Waals surface area contributed by atoms with E-state index in [0.717, 1.165) is 44.1 Å². The molecule has 0 bridgehead atoms. The van der Waals surface area contributed by atoms with Crippen LogP contribution in [0.15, 0.2) is 66.7 Å². The third-order valence-electron chi connectivity index (χ3n) is 4.33. The molecule has 3 aromatic rings. The van der Waals surface area contributed by atoms with Crippen molar-refractivity contribution in [3.05, 3.63) is 83.6 Å². The van der Waals surface area contributed by atoms with Gasteiger partial charge in [0, 0.05) is 37.9 Å². The van der Waals surface area contributed by atoms with E-state index >= 15 is 0 Å². The maximum atomic E-state index is 5.71. The monoisotopic (exact) mass is 361 g/mol. The number of aryl methyl sites for hydroxylation is 1. The Kier molecular flexibility index (Phi) is 6.77. The van der Waals surface area contributed by atoms with Crippen LogP contribution in [0.1, 0.15) is 23.2 Å². The smallest absolute Gasteiger partial charge is 0.222 e. The van der Waals surface area contributed by atoms with Crippen molar-refractivity contribution in [2.45, 2.75) is 26.4 Å². The molecule has 1 heterocycles. The predicted molar refractivity (Wildman–Crippen MR) is 111 cm³/mol. The minimum Gasteiger partial charge on any atom is -0.370 e. The molecule has 5 nitrogen and oxygen atoms in total. The fraction of sp³-hybridized carbons (Fsp3) is 0.273. The van der Waals surface area contributed by atoms with E-state index in [1.807, 2.05) is 13.0 Å². The second-order valence-electron chi connectivity index (χ2n) is 6.71. The average molecular weight is 361 g/mol. The molecule has 0 aliphatic carbocycles. The molecular weight excluding hydrogens is 334 g/mol. The molecule has 0 saturated carbocycles. The largest absolute Gasteiger partial charge is 0.370 e. The number of nitrogens with two attached hydrogens (primary N) is 1. The molecule has 0 unspecified atom stereocenters. The fourth-order valence-electron chi connectivity index (χ4n) is 3.10. The standard InChI is InChI=1S/C22H27N5/c1-18-15-21(26-22(23)25-18)24-13-8-14-27(16-19-9-4-2-5-10-19)17-20-11-6-3-7-12-20/h2-7,9-12,15H,8,13-14,16-17H2,1H3,(H3,23,24,25,26). The van der Waals surface area contributed by atoms with Crippen LogP contribution in [0.5, 0.6) is 0 Å². The van der Waals surface area contributed by atoms with Crippen molar-refractivity contribution in [3.8, 4) is 0 Å². The van der Waals surface area contributed by atoms with Crippen molar-refractivity contribution in [1.29, 1.82) is 0 Å². The maximum Gasteiger partial charge on any atom is 0.222 e. The summed E-state index contributed by atoms with van der Waals surface area (Å²) >= 11 is 0. The molecule has 0 atom stereocenters. The Hall–Kier alpha value is -2.92. The summed E-state index contributed by atoms with van der Waals surface area (Å²) in [6.45, 7) is 5.64. The molecule has 0 aliphatic heterocycles. The first kappa shape index (κ1) is 18.9. The lowest BCUT2D eigenvalue weighted by Gasteiger charge is -2.23. The van der Waals surface area contributed by atoms with E-state index in [4.69, 9.17) is 5.73 Å². The van der Waals surface area contributed by atoms with Gasteiger partial charge < -0.3 is 11.1 Å². The van der Waals surface area contributed by atoms with Crippen LogP contribution in [0, 0.1) is 6.92 Å². The van der Waals surface area contributed by atoms with E-state index in [2.05, 4.69) is 80.8 Å². The lowest BCUT2D eigenvalue weighted by Crippen LogP contribution is -2.25. The Morgan fingerprint density at radius 3 is 2.04 bits per heavy atom. The molecule has 1 aromatic heterocycles. The summed E-state index contributed by atoms with van der Waals surface area (Å²) < 4.78 is 0. The van der Waals surface area contributed by atoms with Gasteiger partial charge in [-0.05, 0) is 24.5 Å². The van der Waals surface area contributed by atoms with Crippen molar-refractivity contribution < 1.29 is 0 Å². The minimum atomic E-state index is 0.312. The molecule has 27 heavy (non-hydrogen) atoms. The van der Waals surface area contributed by atoms with Crippen LogP contribution >= 0.6 is 0 Å². The van der Waals surface area contributed by atoms with E-state index in [-0.39, 0.29) is 0 Å². The van der Waals surface area contributed by atoms with Crippen LogP contribution in [0.3, 0.4) is 0 Å². The van der Waals surface area contributed by atoms with Gasteiger partial charge in [-0.1, -0.05) is 60.7 Å². The zero-order chi connectivity index (χ0) is 18.9. The highest BCUT2D eigenvalue weighted by atomic mass is 15.1. The number of hydrogen-bond acceptors (Lipinski definition) is 5. The van der Waals surface area contributed by atoms with Gasteiger partial charge in [-0.3, -0.25) is 4.90 Å². The number of rotatable bonds is 9. The molecule has 2 aromatic carbocycles. The first-order valence-corrected chi connectivity index (χ1v) is 9.34. The van der Waals surface area contributed by atoms with E-state index < -0.39 is 0 Å². The highest BCUT2D eigenvalue weighted by Gasteiger charge is 2.07. The third-order valence-corrected chi connectivity index (χ3v) is 4.33. The lowest BCUT2D eigenvalue weighted by molar-refractivity contribution is 0.256. The Balaban J connectivity index is 1.55.